The summed E-state index contributed by atoms with van der Waals surface area (Å²) in [6, 6.07) is 6.75. The molecular formula is C14H23N. The molecule has 2 N–H and O–H groups in total. The normalized spacial score (nSPS) is 15.0. The second-order valence-corrected chi connectivity index (χ2v) is 4.70. The van der Waals surface area contributed by atoms with Crippen LogP contribution in [0, 0.1) is 19.8 Å². The van der Waals surface area contributed by atoms with E-state index in [4.69, 9.17) is 5.73 Å². The van der Waals surface area contributed by atoms with E-state index in [1.165, 1.54) is 23.1 Å². The Labute approximate surface area is 93.7 Å². The third-order valence-electron chi connectivity index (χ3n) is 3.31. The molecule has 0 saturated heterocycles. The van der Waals surface area contributed by atoms with E-state index in [2.05, 4.69) is 45.9 Å². The highest BCUT2D eigenvalue weighted by Crippen LogP contribution is 2.22. The first-order valence-electron chi connectivity index (χ1n) is 5.87. The van der Waals surface area contributed by atoms with Crippen molar-refractivity contribution in [1.29, 1.82) is 0 Å². The van der Waals surface area contributed by atoms with Gasteiger partial charge in [0.15, 0.2) is 0 Å². The molecule has 0 radical (unpaired) electrons. The first-order chi connectivity index (χ1) is 7.04. The molecule has 1 heteroatoms. The lowest BCUT2D eigenvalue weighted by Crippen LogP contribution is -2.14. The first-order valence-corrected chi connectivity index (χ1v) is 5.87. The van der Waals surface area contributed by atoms with Gasteiger partial charge in [0.25, 0.3) is 0 Å². The smallest absolute Gasteiger partial charge is 0.0297 e. The van der Waals surface area contributed by atoms with E-state index in [1.54, 1.807) is 0 Å². The Bertz CT molecular complexity index is 317. The molecule has 2 unspecified atom stereocenters. The van der Waals surface area contributed by atoms with E-state index in [-0.39, 0.29) is 6.04 Å². The molecule has 0 spiro atoms. The highest BCUT2D eigenvalue weighted by molar-refractivity contribution is 5.31. The highest BCUT2D eigenvalue weighted by Gasteiger charge is 2.10. The second-order valence-electron chi connectivity index (χ2n) is 4.70. The largest absolute Gasteiger partial charge is 0.324 e. The first kappa shape index (κ1) is 12.3. The maximum absolute atomic E-state index is 6.19. The summed E-state index contributed by atoms with van der Waals surface area (Å²) in [6.07, 6.45) is 2.29. The summed E-state index contributed by atoms with van der Waals surface area (Å²) in [5.74, 6) is 0.710. The van der Waals surface area contributed by atoms with Crippen LogP contribution >= 0.6 is 0 Å². The van der Waals surface area contributed by atoms with Crippen molar-refractivity contribution in [2.45, 2.75) is 46.6 Å². The van der Waals surface area contributed by atoms with Crippen LogP contribution < -0.4 is 5.73 Å². The molecule has 15 heavy (non-hydrogen) atoms. The number of rotatable bonds is 4. The van der Waals surface area contributed by atoms with Gasteiger partial charge in [-0.2, -0.15) is 0 Å². The summed E-state index contributed by atoms with van der Waals surface area (Å²) >= 11 is 0. The van der Waals surface area contributed by atoms with Crippen LogP contribution in [-0.4, -0.2) is 0 Å². The molecule has 84 valence electrons. The summed E-state index contributed by atoms with van der Waals surface area (Å²) in [6.45, 7) is 8.77. The molecule has 1 aromatic rings. The second kappa shape index (κ2) is 5.32. The molecule has 2 atom stereocenters. The molecule has 1 nitrogen and oxygen atoms in total. The van der Waals surface area contributed by atoms with Crippen molar-refractivity contribution in [3.05, 3.63) is 34.9 Å². The summed E-state index contributed by atoms with van der Waals surface area (Å²) in [4.78, 5) is 0. The van der Waals surface area contributed by atoms with Crippen LogP contribution in [0.25, 0.3) is 0 Å². The number of hydrogen-bond donors (Lipinski definition) is 1. The summed E-state index contributed by atoms with van der Waals surface area (Å²) < 4.78 is 0. The molecule has 0 saturated carbocycles. The van der Waals surface area contributed by atoms with E-state index >= 15 is 0 Å². The molecule has 1 aromatic carbocycles. The summed E-state index contributed by atoms with van der Waals surface area (Å²) in [5, 5.41) is 0. The average Bonchev–Trinajstić information content (AvgIpc) is 2.21. The van der Waals surface area contributed by atoms with Crippen LogP contribution in [0.3, 0.4) is 0 Å². The van der Waals surface area contributed by atoms with Gasteiger partial charge in [-0.05, 0) is 42.9 Å². The molecule has 0 aliphatic heterocycles. The molecule has 0 aliphatic rings. The highest BCUT2D eigenvalue weighted by atomic mass is 14.6. The fourth-order valence-electron chi connectivity index (χ4n) is 1.73. The van der Waals surface area contributed by atoms with E-state index in [0.29, 0.717) is 5.92 Å². The van der Waals surface area contributed by atoms with Gasteiger partial charge < -0.3 is 5.73 Å². The van der Waals surface area contributed by atoms with Gasteiger partial charge in [0, 0.05) is 6.04 Å². The van der Waals surface area contributed by atoms with Crippen molar-refractivity contribution in [2.75, 3.05) is 0 Å². The standard InChI is InChI=1S/C14H23N/c1-5-10(2)8-14(15)13-7-6-11(3)12(4)9-13/h6-7,9-10,14H,5,8,15H2,1-4H3. The van der Waals surface area contributed by atoms with Gasteiger partial charge in [0.05, 0.1) is 0 Å². The van der Waals surface area contributed by atoms with E-state index < -0.39 is 0 Å². The fourth-order valence-corrected chi connectivity index (χ4v) is 1.73. The topological polar surface area (TPSA) is 26.0 Å². The van der Waals surface area contributed by atoms with Crippen molar-refractivity contribution in [2.24, 2.45) is 11.7 Å². The number of benzene rings is 1. The average molecular weight is 205 g/mol. The predicted octanol–water partition coefficient (Wildman–Crippen LogP) is 3.74. The van der Waals surface area contributed by atoms with Crippen molar-refractivity contribution in [3.8, 4) is 0 Å². The van der Waals surface area contributed by atoms with Gasteiger partial charge >= 0.3 is 0 Å². The van der Waals surface area contributed by atoms with Crippen LogP contribution in [0.15, 0.2) is 18.2 Å². The maximum atomic E-state index is 6.19. The lowest BCUT2D eigenvalue weighted by atomic mass is 9.93. The fraction of sp³-hybridized carbons (Fsp3) is 0.571. The lowest BCUT2D eigenvalue weighted by Gasteiger charge is -2.17. The maximum Gasteiger partial charge on any atom is 0.0297 e. The van der Waals surface area contributed by atoms with Gasteiger partial charge in [-0.1, -0.05) is 38.5 Å². The van der Waals surface area contributed by atoms with Gasteiger partial charge in [-0.15, -0.1) is 0 Å². The lowest BCUT2D eigenvalue weighted by molar-refractivity contribution is 0.461. The van der Waals surface area contributed by atoms with E-state index in [1.807, 2.05) is 0 Å². The predicted molar refractivity (Wildman–Crippen MR) is 66.9 cm³/mol. The van der Waals surface area contributed by atoms with Crippen molar-refractivity contribution in [3.63, 3.8) is 0 Å². The minimum atomic E-state index is 0.194. The van der Waals surface area contributed by atoms with Crippen LogP contribution in [0.1, 0.15) is 49.4 Å². The van der Waals surface area contributed by atoms with Crippen LogP contribution in [0.4, 0.5) is 0 Å². The SMILES string of the molecule is CCC(C)CC(N)c1ccc(C)c(C)c1. The molecule has 0 amide bonds. The Kier molecular flexibility index (Phi) is 4.34. The van der Waals surface area contributed by atoms with Crippen molar-refractivity contribution < 1.29 is 0 Å². The Hall–Kier alpha value is -0.820. The number of aryl methyl sites for hydroxylation is 2. The van der Waals surface area contributed by atoms with Gasteiger partial charge in [-0.3, -0.25) is 0 Å². The molecule has 0 fully saturated rings. The Morgan fingerprint density at radius 1 is 1.20 bits per heavy atom. The Morgan fingerprint density at radius 2 is 1.87 bits per heavy atom. The van der Waals surface area contributed by atoms with Crippen molar-refractivity contribution >= 4 is 0 Å². The minimum absolute atomic E-state index is 0.194. The molecule has 0 heterocycles. The van der Waals surface area contributed by atoms with Gasteiger partial charge in [0.1, 0.15) is 0 Å². The van der Waals surface area contributed by atoms with Gasteiger partial charge in [0.2, 0.25) is 0 Å². The zero-order valence-electron chi connectivity index (χ0n) is 10.4. The number of hydrogen-bond acceptors (Lipinski definition) is 1. The molecule has 0 aliphatic carbocycles. The van der Waals surface area contributed by atoms with Crippen LogP contribution in [0.2, 0.25) is 0 Å². The molecule has 0 bridgehead atoms. The summed E-state index contributed by atoms with van der Waals surface area (Å²) in [5.41, 5.74) is 10.1. The number of nitrogens with two attached hydrogens (primary N) is 1. The zero-order valence-corrected chi connectivity index (χ0v) is 10.4. The quantitative estimate of drug-likeness (QED) is 0.796. The monoisotopic (exact) mass is 205 g/mol. The molecule has 1 rings (SSSR count). The Morgan fingerprint density at radius 3 is 2.40 bits per heavy atom. The molecule has 0 aromatic heterocycles. The minimum Gasteiger partial charge on any atom is -0.324 e. The van der Waals surface area contributed by atoms with Crippen molar-refractivity contribution in [1.82, 2.24) is 0 Å². The zero-order chi connectivity index (χ0) is 11.4. The third-order valence-corrected chi connectivity index (χ3v) is 3.31. The third kappa shape index (κ3) is 3.35. The van der Waals surface area contributed by atoms with E-state index in [9.17, 15) is 0 Å². The Balaban J connectivity index is 2.73. The van der Waals surface area contributed by atoms with Gasteiger partial charge in [-0.25, -0.2) is 0 Å². The summed E-state index contributed by atoms with van der Waals surface area (Å²) in [7, 11) is 0. The van der Waals surface area contributed by atoms with E-state index in [0.717, 1.165) is 6.42 Å². The van der Waals surface area contributed by atoms with Crippen LogP contribution in [0.5, 0.6) is 0 Å². The molecular weight excluding hydrogens is 182 g/mol. The van der Waals surface area contributed by atoms with Crippen LogP contribution in [-0.2, 0) is 0 Å².